The van der Waals surface area contributed by atoms with Gasteiger partial charge in [0.2, 0.25) is 21.8 Å². The van der Waals surface area contributed by atoms with Gasteiger partial charge in [-0.2, -0.15) is 4.31 Å². The number of rotatable bonds is 6. The predicted octanol–water partition coefficient (Wildman–Crippen LogP) is 3.28. The van der Waals surface area contributed by atoms with E-state index in [1.165, 1.54) is 27.4 Å². The van der Waals surface area contributed by atoms with Gasteiger partial charge in [-0.15, -0.1) is 0 Å². The zero-order chi connectivity index (χ0) is 29.6. The average molecular weight is 643 g/mol. The molecule has 3 saturated heterocycles. The summed E-state index contributed by atoms with van der Waals surface area (Å²) < 4.78 is 30.0. The molecule has 2 amide bonds. The molecule has 9 nitrogen and oxygen atoms in total. The second-order valence-corrected chi connectivity index (χ2v) is 14.3. The lowest BCUT2D eigenvalue weighted by Crippen LogP contribution is -2.76. The van der Waals surface area contributed by atoms with Crippen LogP contribution in [0.1, 0.15) is 19.4 Å². The van der Waals surface area contributed by atoms with Crippen molar-refractivity contribution in [1.82, 2.24) is 23.9 Å². The zero-order valence-electron chi connectivity index (χ0n) is 23.2. The fourth-order valence-electron chi connectivity index (χ4n) is 5.91. The highest BCUT2D eigenvalue weighted by atomic mass is 35.5. The number of halogens is 3. The molecule has 0 aromatic heterocycles. The molecule has 0 spiro atoms. The molecule has 0 bridgehead atoms. The van der Waals surface area contributed by atoms with Crippen LogP contribution in [-0.4, -0.2) is 115 Å². The lowest BCUT2D eigenvalue weighted by Gasteiger charge is -2.55. The Labute approximate surface area is 256 Å². The normalized spacial score (nSPS) is 25.2. The average Bonchev–Trinajstić information content (AvgIpc) is 2.91. The van der Waals surface area contributed by atoms with E-state index in [2.05, 4.69) is 4.90 Å². The second kappa shape index (κ2) is 12.0. The van der Waals surface area contributed by atoms with Gasteiger partial charge in [0.15, 0.2) is 0 Å². The molecule has 3 aliphatic heterocycles. The van der Waals surface area contributed by atoms with Crippen molar-refractivity contribution in [2.75, 3.05) is 46.3 Å². The lowest BCUT2D eigenvalue weighted by atomic mass is 9.96. The Hall–Kier alpha value is -1.92. The molecule has 2 aromatic carbocycles. The number of fused-ring (bicyclic) bond motifs is 1. The van der Waals surface area contributed by atoms with Crippen LogP contribution in [0.15, 0.2) is 47.4 Å². The van der Waals surface area contributed by atoms with Crippen LogP contribution < -0.4 is 0 Å². The van der Waals surface area contributed by atoms with Crippen molar-refractivity contribution in [3.05, 3.63) is 63.1 Å². The van der Waals surface area contributed by atoms with Gasteiger partial charge in [0.1, 0.15) is 23.1 Å². The number of carbonyl (C=O) groups excluding carboxylic acids is 2. The fraction of sp³-hybridized carbons (Fsp3) is 0.500. The first kappa shape index (κ1) is 30.5. The Kier molecular flexibility index (Phi) is 8.93. The van der Waals surface area contributed by atoms with Crippen molar-refractivity contribution in [2.24, 2.45) is 0 Å². The minimum Gasteiger partial charge on any atom is -0.335 e. The number of hydrogen-bond acceptors (Lipinski definition) is 6. The van der Waals surface area contributed by atoms with E-state index in [9.17, 15) is 18.0 Å². The van der Waals surface area contributed by atoms with Crippen LogP contribution in [0.2, 0.25) is 15.1 Å². The highest BCUT2D eigenvalue weighted by molar-refractivity contribution is 7.89. The minimum absolute atomic E-state index is 0.00223. The van der Waals surface area contributed by atoms with E-state index < -0.39 is 28.3 Å². The zero-order valence-corrected chi connectivity index (χ0v) is 26.3. The summed E-state index contributed by atoms with van der Waals surface area (Å²) in [7, 11) is -2.18. The predicted molar refractivity (Wildman–Crippen MR) is 160 cm³/mol. The van der Waals surface area contributed by atoms with Crippen LogP contribution in [0.4, 0.5) is 0 Å². The van der Waals surface area contributed by atoms with Crippen molar-refractivity contribution in [3.8, 4) is 0 Å². The molecule has 3 atom stereocenters. The number of amides is 2. The largest absolute Gasteiger partial charge is 0.335 e. The maximum atomic E-state index is 14.4. The number of sulfonamides is 1. The molecular weight excluding hydrogens is 609 g/mol. The summed E-state index contributed by atoms with van der Waals surface area (Å²) in [6, 6.07) is 9.58. The Morgan fingerprint density at radius 1 is 0.878 bits per heavy atom. The minimum atomic E-state index is -4.20. The molecule has 13 heteroatoms. The van der Waals surface area contributed by atoms with Gasteiger partial charge in [0, 0.05) is 55.2 Å². The summed E-state index contributed by atoms with van der Waals surface area (Å²) >= 11 is 18.6. The van der Waals surface area contributed by atoms with Crippen molar-refractivity contribution < 1.29 is 18.0 Å². The van der Waals surface area contributed by atoms with Crippen molar-refractivity contribution in [3.63, 3.8) is 0 Å². The highest BCUT2D eigenvalue weighted by Crippen LogP contribution is 2.36. The summed E-state index contributed by atoms with van der Waals surface area (Å²) in [6.45, 7) is 6.50. The molecule has 41 heavy (non-hydrogen) atoms. The molecule has 3 fully saturated rings. The first-order valence-electron chi connectivity index (χ1n) is 13.6. The smallest absolute Gasteiger partial charge is 0.246 e. The number of benzene rings is 2. The van der Waals surface area contributed by atoms with E-state index in [1.807, 2.05) is 37.9 Å². The van der Waals surface area contributed by atoms with Crippen LogP contribution in [0.3, 0.4) is 0 Å². The molecule has 0 radical (unpaired) electrons. The number of carbonyl (C=O) groups is 2. The maximum Gasteiger partial charge on any atom is 0.246 e. The molecule has 2 aromatic rings. The monoisotopic (exact) mass is 641 g/mol. The van der Waals surface area contributed by atoms with E-state index in [0.29, 0.717) is 23.1 Å². The topological polar surface area (TPSA) is 84.5 Å². The first-order chi connectivity index (χ1) is 19.4. The molecule has 3 heterocycles. The number of likely N-dealkylation sites (N-methyl/N-ethyl adjacent to an activating group) is 1. The van der Waals surface area contributed by atoms with Crippen LogP contribution in [-0.2, 0) is 26.0 Å². The molecular formula is C28H34Cl3N5O4S. The number of piperazine rings is 2. The molecule has 3 aliphatic rings. The third kappa shape index (κ3) is 5.98. The summed E-state index contributed by atoms with van der Waals surface area (Å²) in [4.78, 5) is 35.6. The Balaban J connectivity index is 1.62. The van der Waals surface area contributed by atoms with Crippen molar-refractivity contribution in [2.45, 2.75) is 49.5 Å². The molecule has 0 saturated carbocycles. The van der Waals surface area contributed by atoms with Gasteiger partial charge in [-0.1, -0.05) is 46.9 Å². The van der Waals surface area contributed by atoms with Gasteiger partial charge in [-0.25, -0.2) is 8.42 Å². The molecule has 0 aliphatic carbocycles. The maximum absolute atomic E-state index is 14.4. The van der Waals surface area contributed by atoms with E-state index in [-0.39, 0.29) is 47.3 Å². The van der Waals surface area contributed by atoms with Crippen LogP contribution >= 0.6 is 34.8 Å². The molecule has 3 unspecified atom stereocenters. The second-order valence-electron chi connectivity index (χ2n) is 11.2. The van der Waals surface area contributed by atoms with Gasteiger partial charge in [0.05, 0.1) is 11.6 Å². The van der Waals surface area contributed by atoms with Crippen molar-refractivity contribution >= 4 is 56.6 Å². The highest BCUT2D eigenvalue weighted by Gasteiger charge is 2.55. The van der Waals surface area contributed by atoms with E-state index >= 15 is 0 Å². The summed E-state index contributed by atoms with van der Waals surface area (Å²) in [5.41, 5.74) is 0.821. The Morgan fingerprint density at radius 3 is 2.12 bits per heavy atom. The summed E-state index contributed by atoms with van der Waals surface area (Å²) in [6.07, 6.45) is -0.674. The van der Waals surface area contributed by atoms with Gasteiger partial charge in [0.25, 0.3) is 0 Å². The van der Waals surface area contributed by atoms with Gasteiger partial charge in [-0.3, -0.25) is 14.5 Å². The van der Waals surface area contributed by atoms with Gasteiger partial charge in [-0.05, 0) is 56.8 Å². The van der Waals surface area contributed by atoms with Crippen LogP contribution in [0.25, 0.3) is 0 Å². The van der Waals surface area contributed by atoms with E-state index in [4.69, 9.17) is 34.8 Å². The quantitative estimate of drug-likeness (QED) is 0.481. The summed E-state index contributed by atoms with van der Waals surface area (Å²) in [5.74, 6) is -0.440. The first-order valence-corrected chi connectivity index (χ1v) is 16.2. The molecule has 5 rings (SSSR count). The Bertz CT molecular complexity index is 1420. The summed E-state index contributed by atoms with van der Waals surface area (Å²) in [5, 5.41) is 0.881. The third-order valence-electron chi connectivity index (χ3n) is 8.23. The third-order valence-corrected chi connectivity index (χ3v) is 11.1. The van der Waals surface area contributed by atoms with E-state index in [0.717, 1.165) is 18.7 Å². The van der Waals surface area contributed by atoms with Gasteiger partial charge < -0.3 is 14.7 Å². The standard InChI is InChI=1S/C28H34Cl3N5O4S/c1-18(2)34-17-26-35(41(39,40)25-9-8-21(30)15-22(25)31)16-24(33-12-10-32(3)11-13-33)28(38)36(26)23(27(34)37)14-19-4-6-20(29)7-5-19/h4-9,15,18,23-24,26H,10-14,16-17H2,1-3H3. The SMILES string of the molecule is CC(C)N1CC2N(C(=O)C(N3CCN(C)CC3)CN2S(=O)(=O)c2ccc(Cl)cc2Cl)C(Cc2ccc(Cl)cc2)C1=O. The van der Waals surface area contributed by atoms with E-state index in [1.54, 1.807) is 17.0 Å². The lowest BCUT2D eigenvalue weighted by molar-refractivity contribution is -0.172. The fourth-order valence-corrected chi connectivity index (χ4v) is 8.36. The van der Waals surface area contributed by atoms with Crippen LogP contribution in [0, 0.1) is 0 Å². The molecule has 0 N–H and O–H groups in total. The van der Waals surface area contributed by atoms with Crippen LogP contribution in [0.5, 0.6) is 0 Å². The molecule has 222 valence electrons. The number of nitrogens with zero attached hydrogens (tertiary/aromatic N) is 5. The van der Waals surface area contributed by atoms with Gasteiger partial charge >= 0.3 is 0 Å². The van der Waals surface area contributed by atoms with Crippen molar-refractivity contribution in [1.29, 1.82) is 0 Å². The Morgan fingerprint density at radius 2 is 1.51 bits per heavy atom. The number of hydrogen-bond donors (Lipinski definition) is 0.